The first kappa shape index (κ1) is 44.9. The molecule has 57 heavy (non-hydrogen) atoms. The highest BCUT2D eigenvalue weighted by Gasteiger charge is 2.24. The average Bonchev–Trinajstić information content (AvgIpc) is 3.20. The summed E-state index contributed by atoms with van der Waals surface area (Å²) in [5.74, 6) is 0.398. The van der Waals surface area contributed by atoms with Gasteiger partial charge in [-0.15, -0.1) is 0 Å². The van der Waals surface area contributed by atoms with E-state index in [2.05, 4.69) is 31.3 Å². The first-order chi connectivity index (χ1) is 27.6. The lowest BCUT2D eigenvalue weighted by atomic mass is 10.0. The summed E-state index contributed by atoms with van der Waals surface area (Å²) in [6, 6.07) is 13.9. The summed E-state index contributed by atoms with van der Waals surface area (Å²) in [5.41, 5.74) is 4.57. The third-order valence-corrected chi connectivity index (χ3v) is 8.58. The molecule has 1 aliphatic heterocycles. The van der Waals surface area contributed by atoms with Crippen molar-refractivity contribution in [3.63, 3.8) is 0 Å². The molecule has 3 aromatic carbocycles. The van der Waals surface area contributed by atoms with Crippen LogP contribution < -0.4 is 24.8 Å². The first-order valence-corrected chi connectivity index (χ1v) is 19.6. The Kier molecular flexibility index (Phi) is 19.0. The number of hydrogen-bond donors (Lipinski definition) is 7. The Labute approximate surface area is 334 Å². The number of aromatic hydroxyl groups is 3. The van der Waals surface area contributed by atoms with Crippen molar-refractivity contribution in [3.05, 3.63) is 71.8 Å². The second-order valence-corrected chi connectivity index (χ2v) is 13.7. The molecule has 0 amide bonds. The zero-order valence-corrected chi connectivity index (χ0v) is 33.1. The van der Waals surface area contributed by atoms with Crippen LogP contribution in [0.25, 0.3) is 5.70 Å². The predicted molar refractivity (Wildman–Crippen MR) is 216 cm³/mol. The number of anilines is 1. The lowest BCUT2D eigenvalue weighted by Gasteiger charge is -2.29. The molecule has 314 valence electrons. The van der Waals surface area contributed by atoms with E-state index in [1.165, 1.54) is 23.3 Å². The van der Waals surface area contributed by atoms with Gasteiger partial charge in [-0.2, -0.15) is 10.2 Å². The van der Waals surface area contributed by atoms with Crippen molar-refractivity contribution in [1.29, 1.82) is 0 Å². The van der Waals surface area contributed by atoms with Gasteiger partial charge in [0.25, 0.3) is 0 Å². The largest absolute Gasteiger partial charge is 0.507 e. The van der Waals surface area contributed by atoms with Gasteiger partial charge >= 0.3 is 0 Å². The summed E-state index contributed by atoms with van der Waals surface area (Å²) in [6.07, 6.45) is 4.72. The quantitative estimate of drug-likeness (QED) is 0.0493. The van der Waals surface area contributed by atoms with Gasteiger partial charge in [-0.1, -0.05) is 40.0 Å². The average molecular weight is 798 g/mol. The van der Waals surface area contributed by atoms with Crippen LogP contribution >= 0.6 is 0 Å². The summed E-state index contributed by atoms with van der Waals surface area (Å²) in [4.78, 5) is 0. The molecule has 7 N–H and O–H groups in total. The molecule has 15 heteroatoms. The van der Waals surface area contributed by atoms with E-state index in [1.54, 1.807) is 42.5 Å². The highest BCUT2D eigenvalue weighted by atomic mass is 16.5. The molecule has 3 aromatic rings. The second-order valence-electron chi connectivity index (χ2n) is 13.7. The summed E-state index contributed by atoms with van der Waals surface area (Å²) in [5, 5.41) is 70.2. The summed E-state index contributed by atoms with van der Waals surface area (Å²) in [7, 11) is 0. The minimum Gasteiger partial charge on any atom is -0.507 e. The lowest BCUT2D eigenvalue weighted by Crippen LogP contribution is -2.36. The molecule has 0 spiro atoms. The fraction of sp³-hybridized carbons (Fsp3) is 0.500. The van der Waals surface area contributed by atoms with E-state index < -0.39 is 18.3 Å². The number of allylic oxidation sites excluding steroid dienone is 1. The van der Waals surface area contributed by atoms with Crippen LogP contribution in [-0.2, 0) is 14.2 Å². The molecule has 0 aliphatic carbocycles. The molecule has 4 rings (SSSR count). The van der Waals surface area contributed by atoms with Gasteiger partial charge in [-0.25, -0.2) is 0 Å². The number of aliphatic hydroxyl groups excluding tert-OH is 3. The molecule has 1 heterocycles. The number of ether oxygens (including phenoxy) is 6. The topological polar surface area (TPSA) is 204 Å². The third kappa shape index (κ3) is 14.9. The number of hydrogen-bond acceptors (Lipinski definition) is 15. The van der Waals surface area contributed by atoms with Crippen LogP contribution in [0, 0.1) is 0 Å². The van der Waals surface area contributed by atoms with Gasteiger partial charge in [0.1, 0.15) is 78.3 Å². The summed E-state index contributed by atoms with van der Waals surface area (Å²) in [6.45, 7) is 8.09. The van der Waals surface area contributed by atoms with Crippen molar-refractivity contribution < 1.29 is 59.1 Å². The molecule has 0 saturated carbocycles. The molecule has 0 fully saturated rings. The Morgan fingerprint density at radius 3 is 1.40 bits per heavy atom. The monoisotopic (exact) mass is 797 g/mol. The van der Waals surface area contributed by atoms with Crippen LogP contribution in [0.15, 0.2) is 65.8 Å². The molecule has 0 aromatic heterocycles. The van der Waals surface area contributed by atoms with Crippen LogP contribution in [0.2, 0.25) is 0 Å². The van der Waals surface area contributed by atoms with Gasteiger partial charge in [0, 0.05) is 49.1 Å². The molecule has 15 nitrogen and oxygen atoms in total. The van der Waals surface area contributed by atoms with Crippen molar-refractivity contribution in [2.75, 3.05) is 64.6 Å². The van der Waals surface area contributed by atoms with E-state index in [4.69, 9.17) is 28.4 Å². The van der Waals surface area contributed by atoms with Crippen LogP contribution in [0.1, 0.15) is 70.4 Å². The van der Waals surface area contributed by atoms with Crippen LogP contribution in [0.5, 0.6) is 34.5 Å². The Hall–Kier alpha value is -4.77. The zero-order chi connectivity index (χ0) is 41.0. The fourth-order valence-corrected chi connectivity index (χ4v) is 5.37. The molecule has 1 aliphatic rings. The number of unbranched alkanes of at least 4 members (excludes halogenated alkanes) is 3. The number of aliphatic hydroxyl groups is 3. The van der Waals surface area contributed by atoms with E-state index >= 15 is 0 Å². The maximum absolute atomic E-state index is 11.2. The summed E-state index contributed by atoms with van der Waals surface area (Å²) < 4.78 is 33.5. The number of rotatable bonds is 27. The van der Waals surface area contributed by atoms with E-state index in [0.29, 0.717) is 53.9 Å². The molecule has 0 bridgehead atoms. The Bertz CT molecular complexity index is 1720. The van der Waals surface area contributed by atoms with Crippen LogP contribution in [-0.4, -0.2) is 114 Å². The van der Waals surface area contributed by atoms with Crippen molar-refractivity contribution in [2.24, 2.45) is 5.10 Å². The number of phenolic OH excluding ortho intramolecular Hbond substituents is 3. The van der Waals surface area contributed by atoms with Crippen molar-refractivity contribution >= 4 is 17.1 Å². The molecule has 3 unspecified atom stereocenters. The number of nitrogens with one attached hydrogen (secondary N) is 1. The van der Waals surface area contributed by atoms with Gasteiger partial charge in [-0.3, -0.25) is 5.43 Å². The third-order valence-electron chi connectivity index (χ3n) is 8.58. The molecular formula is C42H59N3O12. The first-order valence-electron chi connectivity index (χ1n) is 19.6. The van der Waals surface area contributed by atoms with E-state index in [-0.39, 0.29) is 68.3 Å². The van der Waals surface area contributed by atoms with Crippen molar-refractivity contribution in [1.82, 2.24) is 5.43 Å². The number of phenols is 3. The van der Waals surface area contributed by atoms with Gasteiger partial charge in [-0.05, 0) is 61.7 Å². The van der Waals surface area contributed by atoms with Gasteiger partial charge in [0.05, 0.1) is 31.2 Å². The smallest absolute Gasteiger partial charge is 0.146 e. The fourth-order valence-electron chi connectivity index (χ4n) is 5.37. The van der Waals surface area contributed by atoms with Crippen molar-refractivity contribution in [3.8, 4) is 34.5 Å². The Morgan fingerprint density at radius 2 is 0.982 bits per heavy atom. The highest BCUT2D eigenvalue weighted by molar-refractivity contribution is 6.15. The number of benzene rings is 3. The van der Waals surface area contributed by atoms with Gasteiger partial charge in [0.2, 0.25) is 0 Å². The normalized spacial score (nSPS) is 14.3. The molecular weight excluding hydrogens is 738 g/mol. The zero-order valence-electron chi connectivity index (χ0n) is 33.1. The maximum atomic E-state index is 11.2. The summed E-state index contributed by atoms with van der Waals surface area (Å²) >= 11 is 0. The number of hydrazine groups is 1. The van der Waals surface area contributed by atoms with E-state index in [0.717, 1.165) is 38.5 Å². The number of nitrogens with zero attached hydrogens (tertiary/aromatic N) is 2. The van der Waals surface area contributed by atoms with Crippen LogP contribution in [0.3, 0.4) is 0 Å². The minimum absolute atomic E-state index is 0.0359. The maximum Gasteiger partial charge on any atom is 0.146 e. The minimum atomic E-state index is -0.856. The molecule has 0 radical (unpaired) electrons. The predicted octanol–water partition coefficient (Wildman–Crippen LogP) is 5.24. The Balaban J connectivity index is 1.54. The van der Waals surface area contributed by atoms with Gasteiger partial charge in [0.15, 0.2) is 0 Å². The SMILES string of the molecule is CCCCOCC(O)COc1ccc(C2=CC(c3ccc(OCC(O)COCCCC)cc3O)=NN(c3ccc(OCC(O)COCCCC)cc3O)N2)c(O)c1. The standard InChI is InChI=1S/C42H59N3O12/c1-4-7-16-52-23-29(46)26-55-32-10-13-35(40(49)19-32)37-22-38(36-14-11-33(20-41(36)50)56-27-30(47)24-53-17-8-5-2)44-45(43-37)39-15-12-34(21-42(39)51)57-28-31(48)25-54-18-9-6-3/h10-15,19-22,29-31,43,46-51H,4-9,16-18,23-28H2,1-3H3. The number of hydrazone groups is 1. The van der Waals surface area contributed by atoms with E-state index in [1.807, 2.05) is 0 Å². The molecule has 0 saturated heterocycles. The second kappa shape index (κ2) is 24.1. The van der Waals surface area contributed by atoms with Crippen LogP contribution in [0.4, 0.5) is 5.69 Å². The highest BCUT2D eigenvalue weighted by Crippen LogP contribution is 2.36. The van der Waals surface area contributed by atoms with Crippen molar-refractivity contribution in [2.45, 2.75) is 77.6 Å². The van der Waals surface area contributed by atoms with E-state index in [9.17, 15) is 30.6 Å². The Morgan fingerprint density at radius 1 is 0.561 bits per heavy atom. The molecule has 3 atom stereocenters. The lowest BCUT2D eigenvalue weighted by molar-refractivity contribution is 0.0113. The van der Waals surface area contributed by atoms with Gasteiger partial charge < -0.3 is 59.1 Å².